The maximum atomic E-state index is 13.8. The highest BCUT2D eigenvalue weighted by atomic mass is 35.5. The normalized spacial score (nSPS) is 10.8. The van der Waals surface area contributed by atoms with E-state index in [4.69, 9.17) is 17.3 Å². The molecule has 0 fully saturated rings. The molecule has 3 N–H and O–H groups in total. The van der Waals surface area contributed by atoms with Crippen LogP contribution in [-0.4, -0.2) is 9.97 Å². The van der Waals surface area contributed by atoms with Crippen LogP contribution >= 0.6 is 22.9 Å². The molecule has 0 aliphatic rings. The first-order chi connectivity index (χ1) is 9.15. The van der Waals surface area contributed by atoms with Crippen molar-refractivity contribution in [3.05, 3.63) is 40.5 Å². The van der Waals surface area contributed by atoms with Crippen molar-refractivity contribution in [2.75, 3.05) is 11.1 Å². The Morgan fingerprint density at radius 3 is 2.95 bits per heavy atom. The summed E-state index contributed by atoms with van der Waals surface area (Å²) in [6.07, 6.45) is 0. The van der Waals surface area contributed by atoms with Crippen LogP contribution in [0.15, 0.2) is 29.6 Å². The van der Waals surface area contributed by atoms with Crippen molar-refractivity contribution in [1.82, 2.24) is 9.97 Å². The molecule has 0 saturated carbocycles. The number of halogens is 2. The van der Waals surface area contributed by atoms with Crippen LogP contribution in [0.3, 0.4) is 0 Å². The topological polar surface area (TPSA) is 63.8 Å². The molecule has 0 radical (unpaired) electrons. The third-order valence-corrected chi connectivity index (χ3v) is 3.65. The lowest BCUT2D eigenvalue weighted by atomic mass is 10.3. The monoisotopic (exact) mass is 294 g/mol. The second-order valence-electron chi connectivity index (χ2n) is 3.80. The SMILES string of the molecule is Nc1nc(Nc2cccc(Cl)c2F)c2ccsc2n1. The quantitative estimate of drug-likeness (QED) is 0.754. The molecule has 7 heteroatoms. The number of fused-ring (bicyclic) bond motifs is 1. The summed E-state index contributed by atoms with van der Waals surface area (Å²) in [4.78, 5) is 8.94. The van der Waals surface area contributed by atoms with Crippen molar-refractivity contribution in [1.29, 1.82) is 0 Å². The summed E-state index contributed by atoms with van der Waals surface area (Å²) in [6, 6.07) is 6.57. The lowest BCUT2D eigenvalue weighted by molar-refractivity contribution is 0.632. The first kappa shape index (κ1) is 12.1. The van der Waals surface area contributed by atoms with Crippen LogP contribution in [0.5, 0.6) is 0 Å². The van der Waals surface area contributed by atoms with E-state index in [2.05, 4.69) is 15.3 Å². The van der Waals surface area contributed by atoms with Gasteiger partial charge in [-0.05, 0) is 23.6 Å². The smallest absolute Gasteiger partial charge is 0.223 e. The second-order valence-corrected chi connectivity index (χ2v) is 5.10. The van der Waals surface area contributed by atoms with E-state index in [0.717, 1.165) is 10.2 Å². The summed E-state index contributed by atoms with van der Waals surface area (Å²) in [7, 11) is 0. The van der Waals surface area contributed by atoms with Gasteiger partial charge in [-0.2, -0.15) is 4.98 Å². The molecule has 0 spiro atoms. The molecule has 0 atom stereocenters. The minimum atomic E-state index is -0.523. The predicted molar refractivity (Wildman–Crippen MR) is 76.5 cm³/mol. The van der Waals surface area contributed by atoms with Crippen molar-refractivity contribution in [2.45, 2.75) is 0 Å². The van der Waals surface area contributed by atoms with Crippen LogP contribution < -0.4 is 11.1 Å². The third-order valence-electron chi connectivity index (χ3n) is 2.55. The first-order valence-electron chi connectivity index (χ1n) is 5.37. The van der Waals surface area contributed by atoms with E-state index in [1.165, 1.54) is 17.4 Å². The van der Waals surface area contributed by atoms with Crippen LogP contribution in [0.4, 0.5) is 21.8 Å². The van der Waals surface area contributed by atoms with E-state index in [0.29, 0.717) is 5.82 Å². The number of nitrogens with zero attached hydrogens (tertiary/aromatic N) is 2. The number of rotatable bonds is 2. The summed E-state index contributed by atoms with van der Waals surface area (Å²) in [5, 5.41) is 5.61. The van der Waals surface area contributed by atoms with Gasteiger partial charge in [-0.1, -0.05) is 17.7 Å². The molecule has 2 aromatic heterocycles. The highest BCUT2D eigenvalue weighted by molar-refractivity contribution is 7.16. The number of hydrogen-bond donors (Lipinski definition) is 2. The van der Waals surface area contributed by atoms with Crippen molar-refractivity contribution in [2.24, 2.45) is 0 Å². The van der Waals surface area contributed by atoms with Crippen molar-refractivity contribution in [3.63, 3.8) is 0 Å². The second kappa shape index (κ2) is 4.64. The first-order valence-corrected chi connectivity index (χ1v) is 6.62. The van der Waals surface area contributed by atoms with Crippen LogP contribution in [0.1, 0.15) is 0 Å². The fraction of sp³-hybridized carbons (Fsp3) is 0. The van der Waals surface area contributed by atoms with Crippen molar-refractivity contribution in [3.8, 4) is 0 Å². The van der Waals surface area contributed by atoms with Gasteiger partial charge in [0.1, 0.15) is 10.6 Å². The van der Waals surface area contributed by atoms with Gasteiger partial charge in [-0.25, -0.2) is 9.37 Å². The molecule has 0 saturated heterocycles. The highest BCUT2D eigenvalue weighted by Crippen LogP contribution is 2.30. The summed E-state index contributed by atoms with van der Waals surface area (Å²) in [5.41, 5.74) is 5.88. The van der Waals surface area contributed by atoms with E-state index in [9.17, 15) is 4.39 Å². The molecule has 2 heterocycles. The number of aromatic nitrogens is 2. The molecular formula is C12H8ClFN4S. The standard InChI is InChI=1S/C12H8ClFN4S/c13-7-2-1-3-8(9(7)14)16-10-6-4-5-19-11(6)18-12(15)17-10/h1-5H,(H3,15,16,17,18). The Morgan fingerprint density at radius 2 is 2.11 bits per heavy atom. The van der Waals surface area contributed by atoms with Gasteiger partial charge in [0.2, 0.25) is 5.95 Å². The molecule has 96 valence electrons. The van der Waals surface area contributed by atoms with Gasteiger partial charge in [0.15, 0.2) is 5.82 Å². The van der Waals surface area contributed by atoms with Crippen LogP contribution in [0.2, 0.25) is 5.02 Å². The largest absolute Gasteiger partial charge is 0.368 e. The lowest BCUT2D eigenvalue weighted by Gasteiger charge is -2.09. The fourth-order valence-electron chi connectivity index (χ4n) is 1.70. The van der Waals surface area contributed by atoms with E-state index in [-0.39, 0.29) is 16.7 Å². The average Bonchev–Trinajstić information content (AvgIpc) is 2.83. The molecule has 0 amide bonds. The minimum Gasteiger partial charge on any atom is -0.368 e. The molecule has 4 nitrogen and oxygen atoms in total. The number of thiophene rings is 1. The molecular weight excluding hydrogens is 287 g/mol. The lowest BCUT2D eigenvalue weighted by Crippen LogP contribution is -2.01. The summed E-state index contributed by atoms with van der Waals surface area (Å²) < 4.78 is 13.8. The van der Waals surface area contributed by atoms with Crippen molar-refractivity contribution < 1.29 is 4.39 Å². The summed E-state index contributed by atoms with van der Waals surface area (Å²) >= 11 is 7.18. The zero-order valence-electron chi connectivity index (χ0n) is 9.52. The fourth-order valence-corrected chi connectivity index (χ4v) is 2.64. The van der Waals surface area contributed by atoms with Gasteiger partial charge in [0.25, 0.3) is 0 Å². The number of nitrogens with two attached hydrogens (primary N) is 1. The van der Waals surface area contributed by atoms with Gasteiger partial charge < -0.3 is 11.1 Å². The summed E-state index contributed by atoms with van der Waals surface area (Å²) in [5.74, 6) is 0.0783. The van der Waals surface area contributed by atoms with Gasteiger partial charge in [-0.15, -0.1) is 11.3 Å². The zero-order chi connectivity index (χ0) is 13.4. The van der Waals surface area contributed by atoms with Gasteiger partial charge in [-0.3, -0.25) is 0 Å². The average molecular weight is 295 g/mol. The van der Waals surface area contributed by atoms with E-state index in [1.54, 1.807) is 12.1 Å². The van der Waals surface area contributed by atoms with E-state index >= 15 is 0 Å². The maximum absolute atomic E-state index is 13.8. The van der Waals surface area contributed by atoms with Gasteiger partial charge >= 0.3 is 0 Å². The Balaban J connectivity index is 2.10. The summed E-state index contributed by atoms with van der Waals surface area (Å²) in [6.45, 7) is 0. The number of nitrogen functional groups attached to an aromatic ring is 1. The Morgan fingerprint density at radius 1 is 1.26 bits per heavy atom. The number of anilines is 3. The molecule has 0 aliphatic carbocycles. The highest BCUT2D eigenvalue weighted by Gasteiger charge is 2.11. The third kappa shape index (κ3) is 2.20. The zero-order valence-corrected chi connectivity index (χ0v) is 11.1. The molecule has 19 heavy (non-hydrogen) atoms. The molecule has 0 bridgehead atoms. The maximum Gasteiger partial charge on any atom is 0.223 e. The molecule has 3 aromatic rings. The number of hydrogen-bond acceptors (Lipinski definition) is 5. The minimum absolute atomic E-state index is 0.0496. The Hall–Kier alpha value is -1.92. The van der Waals surface area contributed by atoms with Gasteiger partial charge in [0.05, 0.1) is 16.1 Å². The molecule has 0 aliphatic heterocycles. The predicted octanol–water partition coefficient (Wildman–Crippen LogP) is 3.81. The number of benzene rings is 1. The number of nitrogens with one attached hydrogen (secondary N) is 1. The van der Waals surface area contributed by atoms with E-state index in [1.807, 2.05) is 11.4 Å². The van der Waals surface area contributed by atoms with Crippen LogP contribution in [-0.2, 0) is 0 Å². The van der Waals surface area contributed by atoms with Gasteiger partial charge in [0, 0.05) is 0 Å². The Kier molecular flexibility index (Phi) is 2.96. The molecule has 1 aromatic carbocycles. The van der Waals surface area contributed by atoms with Crippen LogP contribution in [0, 0.1) is 5.82 Å². The molecule has 3 rings (SSSR count). The Bertz CT molecular complexity index is 759. The van der Waals surface area contributed by atoms with Crippen molar-refractivity contribution >= 4 is 50.6 Å². The molecule has 0 unspecified atom stereocenters. The van der Waals surface area contributed by atoms with Crippen LogP contribution in [0.25, 0.3) is 10.2 Å². The Labute approximate surface area is 117 Å². The van der Waals surface area contributed by atoms with E-state index < -0.39 is 5.82 Å².